The van der Waals surface area contributed by atoms with Crippen molar-refractivity contribution in [2.45, 2.75) is 39.3 Å². The molecule has 0 bridgehead atoms. The van der Waals surface area contributed by atoms with E-state index in [1.165, 1.54) is 12.1 Å². The fourth-order valence-electron chi connectivity index (χ4n) is 3.94. The molecule has 4 aromatic rings. The Bertz CT molecular complexity index is 1240. The first-order chi connectivity index (χ1) is 14.0. The van der Waals surface area contributed by atoms with E-state index < -0.39 is 11.7 Å². The summed E-state index contributed by atoms with van der Waals surface area (Å²) >= 11 is 0. The summed E-state index contributed by atoms with van der Waals surface area (Å²) in [5.41, 5.74) is 4.13. The number of aryl methyl sites for hydroxylation is 1. The minimum Gasteiger partial charge on any atom is -0.337 e. The van der Waals surface area contributed by atoms with Gasteiger partial charge in [0.1, 0.15) is 5.69 Å². The zero-order chi connectivity index (χ0) is 21.8. The van der Waals surface area contributed by atoms with Gasteiger partial charge in [-0.1, -0.05) is 45.0 Å². The Hall–Kier alpha value is -3.09. The molecule has 0 radical (unpaired) electrons. The molecule has 0 spiro atoms. The molecule has 156 valence electrons. The molecule has 0 fully saturated rings. The molecule has 2 heterocycles. The van der Waals surface area contributed by atoms with Crippen LogP contribution in [0.5, 0.6) is 0 Å². The van der Waals surface area contributed by atoms with E-state index in [1.54, 1.807) is 28.9 Å². The first kappa shape index (κ1) is 20.2. The number of nitrogens with zero attached hydrogens (tertiary/aromatic N) is 3. The van der Waals surface area contributed by atoms with Crippen LogP contribution >= 0.6 is 0 Å². The highest BCUT2D eigenvalue weighted by molar-refractivity contribution is 5.85. The highest BCUT2D eigenvalue weighted by atomic mass is 19.4. The van der Waals surface area contributed by atoms with Crippen molar-refractivity contribution in [1.82, 2.24) is 19.7 Å². The second kappa shape index (κ2) is 6.72. The lowest BCUT2D eigenvalue weighted by atomic mass is 9.89. The highest BCUT2D eigenvalue weighted by Gasteiger charge is 2.33. The molecule has 0 saturated carbocycles. The molecule has 0 saturated heterocycles. The number of imidazole rings is 1. The monoisotopic (exact) mass is 412 g/mol. The summed E-state index contributed by atoms with van der Waals surface area (Å²) in [4.78, 5) is 7.94. The molecule has 0 amide bonds. The van der Waals surface area contributed by atoms with Crippen LogP contribution in [0.15, 0.2) is 42.5 Å². The van der Waals surface area contributed by atoms with E-state index in [1.807, 2.05) is 14.0 Å². The number of benzene rings is 2. The molecule has 7 heteroatoms. The lowest BCUT2D eigenvalue weighted by molar-refractivity contribution is -0.137. The highest BCUT2D eigenvalue weighted by Crippen LogP contribution is 2.38. The molecule has 0 aliphatic rings. The number of halogens is 3. The molecule has 0 aliphatic carbocycles. The van der Waals surface area contributed by atoms with E-state index in [0.29, 0.717) is 22.4 Å². The maximum absolute atomic E-state index is 13.4. The van der Waals surface area contributed by atoms with Crippen LogP contribution in [0.25, 0.3) is 33.7 Å². The lowest BCUT2D eigenvalue weighted by Crippen LogP contribution is -2.13. The fraction of sp³-hybridized carbons (Fsp3) is 0.304. The maximum Gasteiger partial charge on any atom is 0.417 e. The van der Waals surface area contributed by atoms with E-state index >= 15 is 0 Å². The summed E-state index contributed by atoms with van der Waals surface area (Å²) in [6.07, 6.45) is -4.42. The lowest BCUT2D eigenvalue weighted by Gasteiger charge is -2.16. The molecule has 0 atom stereocenters. The minimum atomic E-state index is -4.42. The van der Waals surface area contributed by atoms with Crippen molar-refractivity contribution in [2.24, 2.45) is 7.05 Å². The third-order valence-electron chi connectivity index (χ3n) is 5.24. The van der Waals surface area contributed by atoms with Crippen molar-refractivity contribution < 1.29 is 13.2 Å². The summed E-state index contributed by atoms with van der Waals surface area (Å²) in [5, 5.41) is 4.66. The zero-order valence-corrected chi connectivity index (χ0v) is 17.5. The number of H-pyrrole nitrogens is 1. The number of alkyl halides is 3. The number of hydrogen-bond acceptors (Lipinski definition) is 2. The van der Waals surface area contributed by atoms with Crippen molar-refractivity contribution in [3.05, 3.63) is 59.3 Å². The van der Waals surface area contributed by atoms with Crippen LogP contribution in [0.1, 0.15) is 37.6 Å². The molecular weight excluding hydrogens is 389 g/mol. The van der Waals surface area contributed by atoms with E-state index in [-0.39, 0.29) is 11.0 Å². The van der Waals surface area contributed by atoms with Crippen molar-refractivity contribution in [1.29, 1.82) is 0 Å². The van der Waals surface area contributed by atoms with Crippen LogP contribution in [0.2, 0.25) is 0 Å². The predicted octanol–water partition coefficient (Wildman–Crippen LogP) is 6.26. The number of hydrogen-bond donors (Lipinski definition) is 1. The zero-order valence-electron chi connectivity index (χ0n) is 17.5. The molecule has 0 aliphatic heterocycles. The predicted molar refractivity (Wildman–Crippen MR) is 112 cm³/mol. The molecule has 2 aromatic carbocycles. The Kier molecular flexibility index (Phi) is 4.52. The van der Waals surface area contributed by atoms with Gasteiger partial charge < -0.3 is 4.98 Å². The van der Waals surface area contributed by atoms with E-state index in [9.17, 15) is 13.2 Å². The van der Waals surface area contributed by atoms with Gasteiger partial charge in [0.15, 0.2) is 5.82 Å². The Balaban J connectivity index is 1.84. The van der Waals surface area contributed by atoms with Crippen molar-refractivity contribution >= 4 is 11.0 Å². The van der Waals surface area contributed by atoms with Crippen molar-refractivity contribution in [3.63, 3.8) is 0 Å². The molecule has 0 unspecified atom stereocenters. The average Bonchev–Trinajstić information content (AvgIpc) is 3.20. The SMILES string of the molecule is Cc1c(C(C)(C)C)nn(C)c1-c1nc2ccc(-c3ccccc3C(F)(F)F)cc2[nH]1. The quantitative estimate of drug-likeness (QED) is 0.423. The summed E-state index contributed by atoms with van der Waals surface area (Å²) in [6.45, 7) is 8.33. The van der Waals surface area contributed by atoms with Gasteiger partial charge in [-0.15, -0.1) is 0 Å². The number of aromatic nitrogens is 4. The fourth-order valence-corrected chi connectivity index (χ4v) is 3.94. The third-order valence-corrected chi connectivity index (χ3v) is 5.24. The molecular formula is C23H23F3N4. The van der Waals surface area contributed by atoms with Crippen LogP contribution in [-0.4, -0.2) is 19.7 Å². The van der Waals surface area contributed by atoms with Crippen LogP contribution in [-0.2, 0) is 18.6 Å². The average molecular weight is 412 g/mol. The largest absolute Gasteiger partial charge is 0.417 e. The van der Waals surface area contributed by atoms with Crippen molar-refractivity contribution in [2.75, 3.05) is 0 Å². The van der Waals surface area contributed by atoms with Crippen LogP contribution in [0, 0.1) is 6.92 Å². The van der Waals surface area contributed by atoms with E-state index in [0.717, 1.165) is 23.0 Å². The van der Waals surface area contributed by atoms with Gasteiger partial charge in [0, 0.05) is 18.0 Å². The number of aromatic amines is 1. The first-order valence-electron chi connectivity index (χ1n) is 9.67. The molecule has 4 nitrogen and oxygen atoms in total. The minimum absolute atomic E-state index is 0.111. The van der Waals surface area contributed by atoms with Gasteiger partial charge >= 0.3 is 6.18 Å². The van der Waals surface area contributed by atoms with Gasteiger partial charge in [0.25, 0.3) is 0 Å². The van der Waals surface area contributed by atoms with Gasteiger partial charge in [-0.2, -0.15) is 18.3 Å². The summed E-state index contributed by atoms with van der Waals surface area (Å²) < 4.78 is 42.1. The molecule has 30 heavy (non-hydrogen) atoms. The Morgan fingerprint density at radius 3 is 2.33 bits per heavy atom. The number of fused-ring (bicyclic) bond motifs is 1. The number of nitrogens with one attached hydrogen (secondary N) is 1. The summed E-state index contributed by atoms with van der Waals surface area (Å²) in [5.74, 6) is 0.647. The van der Waals surface area contributed by atoms with Crippen molar-refractivity contribution in [3.8, 4) is 22.6 Å². The molecule has 1 N–H and O–H groups in total. The van der Waals surface area contributed by atoms with Gasteiger partial charge in [0.05, 0.1) is 22.3 Å². The van der Waals surface area contributed by atoms with Gasteiger partial charge in [0.2, 0.25) is 0 Å². The second-order valence-corrected chi connectivity index (χ2v) is 8.56. The summed E-state index contributed by atoms with van der Waals surface area (Å²) in [7, 11) is 1.87. The van der Waals surface area contributed by atoms with Crippen LogP contribution < -0.4 is 0 Å². The third kappa shape index (κ3) is 3.38. The van der Waals surface area contributed by atoms with Gasteiger partial charge in [-0.3, -0.25) is 4.68 Å². The standard InChI is InChI=1S/C23H23F3N4/c1-13-19(30(5)29-20(13)22(2,3)4)21-27-17-11-10-14(12-18(17)28-21)15-8-6-7-9-16(15)23(24,25)26/h6-12H,1-5H3,(H,27,28). The van der Waals surface area contributed by atoms with Crippen LogP contribution in [0.3, 0.4) is 0 Å². The summed E-state index contributed by atoms with van der Waals surface area (Å²) in [6, 6.07) is 10.7. The van der Waals surface area contributed by atoms with Crippen LogP contribution in [0.4, 0.5) is 13.2 Å². The second-order valence-electron chi connectivity index (χ2n) is 8.56. The Morgan fingerprint density at radius 2 is 1.70 bits per heavy atom. The van der Waals surface area contributed by atoms with E-state index in [2.05, 4.69) is 35.8 Å². The maximum atomic E-state index is 13.4. The molecule has 4 rings (SSSR count). The Labute approximate surface area is 172 Å². The van der Waals surface area contributed by atoms with E-state index in [4.69, 9.17) is 0 Å². The molecule has 2 aromatic heterocycles. The smallest absolute Gasteiger partial charge is 0.337 e. The van der Waals surface area contributed by atoms with Gasteiger partial charge in [-0.05, 0) is 36.2 Å². The Morgan fingerprint density at radius 1 is 1.00 bits per heavy atom. The topological polar surface area (TPSA) is 46.5 Å². The number of rotatable bonds is 2. The normalized spacial score (nSPS) is 12.7. The first-order valence-corrected chi connectivity index (χ1v) is 9.67. The van der Waals surface area contributed by atoms with Gasteiger partial charge in [-0.25, -0.2) is 4.98 Å².